The number of carbonyl (C=O) groups is 1. The number of ether oxygens (including phenoxy) is 3. The lowest BCUT2D eigenvalue weighted by molar-refractivity contribution is 0.0696. The predicted octanol–water partition coefficient (Wildman–Crippen LogP) is 3.84. The van der Waals surface area contributed by atoms with Gasteiger partial charge in [0.2, 0.25) is 5.76 Å². The molecule has 0 bridgehead atoms. The summed E-state index contributed by atoms with van der Waals surface area (Å²) in [6, 6.07) is 15.5. The highest BCUT2D eigenvalue weighted by Crippen LogP contribution is 2.28. The Hall–Kier alpha value is -3.85. The molecule has 0 radical (unpaired) electrons. The fourth-order valence-electron chi connectivity index (χ4n) is 2.46. The molecule has 0 saturated heterocycles. The summed E-state index contributed by atoms with van der Waals surface area (Å²) in [6.07, 6.45) is 2.95. The average molecular weight is 425 g/mol. The highest BCUT2D eigenvalue weighted by atomic mass is 32.1. The van der Waals surface area contributed by atoms with Gasteiger partial charge in [0, 0.05) is 0 Å². The number of nitrogens with zero attached hydrogens (tertiary/aromatic N) is 1. The molecule has 0 aliphatic heterocycles. The van der Waals surface area contributed by atoms with E-state index in [4.69, 9.17) is 30.8 Å². The Morgan fingerprint density at radius 2 is 1.83 bits per heavy atom. The number of nitrogens with one attached hydrogen (secondary N) is 2. The molecular weight excluding hydrogens is 406 g/mol. The van der Waals surface area contributed by atoms with Gasteiger partial charge in [0.15, 0.2) is 16.6 Å². The summed E-state index contributed by atoms with van der Waals surface area (Å²) in [5.74, 6) is 0.776. The third-order valence-electron chi connectivity index (χ3n) is 3.85. The van der Waals surface area contributed by atoms with Gasteiger partial charge in [0.1, 0.15) is 5.75 Å². The van der Waals surface area contributed by atoms with E-state index in [-0.39, 0.29) is 11.5 Å². The lowest BCUT2D eigenvalue weighted by atomic mass is 10.2. The molecule has 0 unspecified atom stereocenters. The standard InChI is InChI=1S/C21H19N3O5S/c1-26-16-7-4-3-6-15(16)23-21(30)24-22-13-14-9-10-17(19(12-14)27-2)29-20(25)18-8-5-11-28-18/h3-13H,1-2H3,(H2,23,24,30). The third-order valence-corrected chi connectivity index (χ3v) is 4.04. The minimum absolute atomic E-state index is 0.1000. The molecule has 8 nitrogen and oxygen atoms in total. The number of rotatable bonds is 7. The first kappa shape index (κ1) is 20.9. The molecule has 1 aromatic heterocycles. The van der Waals surface area contributed by atoms with Crippen molar-refractivity contribution >= 4 is 35.2 Å². The van der Waals surface area contributed by atoms with E-state index in [0.29, 0.717) is 22.2 Å². The molecule has 1 heterocycles. The van der Waals surface area contributed by atoms with Crippen LogP contribution in [0, 0.1) is 0 Å². The number of hydrogen-bond donors (Lipinski definition) is 2. The van der Waals surface area contributed by atoms with Crippen LogP contribution < -0.4 is 25.0 Å². The molecule has 154 valence electrons. The van der Waals surface area contributed by atoms with Crippen LogP contribution in [0.3, 0.4) is 0 Å². The number of esters is 1. The second-order valence-electron chi connectivity index (χ2n) is 5.80. The smallest absolute Gasteiger partial charge is 0.379 e. The number of carbonyl (C=O) groups excluding carboxylic acids is 1. The van der Waals surface area contributed by atoms with Crippen molar-refractivity contribution in [1.29, 1.82) is 0 Å². The van der Waals surface area contributed by atoms with Crippen LogP contribution >= 0.6 is 12.2 Å². The molecular formula is C21H19N3O5S. The Balaban J connectivity index is 1.61. The molecule has 0 saturated carbocycles. The van der Waals surface area contributed by atoms with E-state index >= 15 is 0 Å². The Morgan fingerprint density at radius 3 is 2.57 bits per heavy atom. The quantitative estimate of drug-likeness (QED) is 0.194. The first-order valence-electron chi connectivity index (χ1n) is 8.77. The molecule has 3 aromatic rings. The van der Waals surface area contributed by atoms with Crippen molar-refractivity contribution in [2.75, 3.05) is 19.5 Å². The maximum Gasteiger partial charge on any atom is 0.379 e. The van der Waals surface area contributed by atoms with Gasteiger partial charge in [-0.05, 0) is 60.2 Å². The molecule has 0 aliphatic carbocycles. The Bertz CT molecular complexity index is 1050. The fraction of sp³-hybridized carbons (Fsp3) is 0.0952. The maximum absolute atomic E-state index is 12.0. The largest absolute Gasteiger partial charge is 0.495 e. The maximum atomic E-state index is 12.0. The lowest BCUT2D eigenvalue weighted by Crippen LogP contribution is -2.24. The van der Waals surface area contributed by atoms with Crippen LogP contribution in [0.1, 0.15) is 16.1 Å². The summed E-state index contributed by atoms with van der Waals surface area (Å²) in [5, 5.41) is 7.40. The molecule has 30 heavy (non-hydrogen) atoms. The van der Waals surface area contributed by atoms with Crippen molar-refractivity contribution in [3.05, 3.63) is 72.2 Å². The summed E-state index contributed by atoms with van der Waals surface area (Å²) in [6.45, 7) is 0. The van der Waals surface area contributed by atoms with Gasteiger partial charge < -0.3 is 23.9 Å². The third kappa shape index (κ3) is 5.36. The van der Waals surface area contributed by atoms with Crippen molar-refractivity contribution in [2.24, 2.45) is 5.10 Å². The number of furan rings is 1. The molecule has 3 rings (SSSR count). The van der Waals surface area contributed by atoms with Gasteiger partial charge in [0.25, 0.3) is 0 Å². The van der Waals surface area contributed by atoms with E-state index in [9.17, 15) is 4.79 Å². The van der Waals surface area contributed by atoms with Gasteiger partial charge in [-0.15, -0.1) is 0 Å². The number of hydrogen-bond acceptors (Lipinski definition) is 7. The molecule has 0 amide bonds. The van der Waals surface area contributed by atoms with Gasteiger partial charge >= 0.3 is 5.97 Å². The Morgan fingerprint density at radius 1 is 1.03 bits per heavy atom. The number of benzene rings is 2. The molecule has 2 N–H and O–H groups in total. The highest BCUT2D eigenvalue weighted by Gasteiger charge is 2.14. The summed E-state index contributed by atoms with van der Waals surface area (Å²) < 4.78 is 20.9. The van der Waals surface area contributed by atoms with Crippen molar-refractivity contribution in [3.63, 3.8) is 0 Å². The van der Waals surface area contributed by atoms with Crippen LogP contribution in [0.2, 0.25) is 0 Å². The molecule has 0 aliphatic rings. The molecule has 0 spiro atoms. The van der Waals surface area contributed by atoms with Crippen LogP contribution in [-0.4, -0.2) is 31.5 Å². The predicted molar refractivity (Wildman–Crippen MR) is 117 cm³/mol. The van der Waals surface area contributed by atoms with Gasteiger partial charge in [-0.25, -0.2) is 4.79 Å². The Labute approximate surface area is 178 Å². The zero-order valence-electron chi connectivity index (χ0n) is 16.2. The topological polar surface area (TPSA) is 94.3 Å². The summed E-state index contributed by atoms with van der Waals surface area (Å²) >= 11 is 5.23. The Kier molecular flexibility index (Phi) is 7.01. The van der Waals surface area contributed by atoms with Crippen LogP contribution in [-0.2, 0) is 0 Å². The summed E-state index contributed by atoms with van der Waals surface area (Å²) in [5.41, 5.74) is 4.15. The van der Waals surface area contributed by atoms with E-state index in [1.165, 1.54) is 19.4 Å². The zero-order valence-corrected chi connectivity index (χ0v) is 17.1. The van der Waals surface area contributed by atoms with Crippen LogP contribution in [0.25, 0.3) is 0 Å². The van der Waals surface area contributed by atoms with Gasteiger partial charge in [-0.3, -0.25) is 5.43 Å². The lowest BCUT2D eigenvalue weighted by Gasteiger charge is -2.11. The minimum Gasteiger partial charge on any atom is -0.495 e. The van der Waals surface area contributed by atoms with Crippen LogP contribution in [0.5, 0.6) is 17.2 Å². The number of thiocarbonyl (C=S) groups is 1. The number of anilines is 1. The van der Waals surface area contributed by atoms with E-state index in [1.807, 2.05) is 24.3 Å². The normalized spacial score (nSPS) is 10.5. The number of hydrazone groups is 1. The van der Waals surface area contributed by atoms with Crippen molar-refractivity contribution < 1.29 is 23.4 Å². The summed E-state index contributed by atoms with van der Waals surface area (Å²) in [7, 11) is 3.06. The fourth-order valence-corrected chi connectivity index (χ4v) is 2.62. The first-order chi connectivity index (χ1) is 14.6. The van der Waals surface area contributed by atoms with E-state index in [1.54, 1.807) is 37.6 Å². The van der Waals surface area contributed by atoms with Gasteiger partial charge in [-0.2, -0.15) is 5.10 Å². The highest BCUT2D eigenvalue weighted by molar-refractivity contribution is 7.80. The van der Waals surface area contributed by atoms with Gasteiger partial charge in [0.05, 0.1) is 32.4 Å². The molecule has 0 fully saturated rings. The number of para-hydroxylation sites is 2. The van der Waals surface area contributed by atoms with Crippen LogP contribution in [0.15, 0.2) is 70.4 Å². The van der Waals surface area contributed by atoms with Crippen LogP contribution in [0.4, 0.5) is 5.69 Å². The van der Waals surface area contributed by atoms with E-state index < -0.39 is 5.97 Å². The van der Waals surface area contributed by atoms with Crippen molar-refractivity contribution in [3.8, 4) is 17.2 Å². The van der Waals surface area contributed by atoms with Gasteiger partial charge in [-0.1, -0.05) is 12.1 Å². The second-order valence-corrected chi connectivity index (χ2v) is 6.21. The second kappa shape index (κ2) is 10.1. The number of methoxy groups -OCH3 is 2. The molecule has 0 atom stereocenters. The summed E-state index contributed by atoms with van der Waals surface area (Å²) in [4.78, 5) is 12.0. The molecule has 2 aromatic carbocycles. The van der Waals surface area contributed by atoms with Crippen molar-refractivity contribution in [1.82, 2.24) is 5.43 Å². The average Bonchev–Trinajstić information content (AvgIpc) is 3.30. The van der Waals surface area contributed by atoms with E-state index in [0.717, 1.165) is 5.69 Å². The minimum atomic E-state index is -0.617. The monoisotopic (exact) mass is 425 g/mol. The zero-order chi connectivity index (χ0) is 21.3. The molecule has 9 heteroatoms. The SMILES string of the molecule is COc1ccccc1NC(=S)NN=Cc1ccc(OC(=O)c2ccco2)c(OC)c1. The van der Waals surface area contributed by atoms with Crippen molar-refractivity contribution in [2.45, 2.75) is 0 Å². The first-order valence-corrected chi connectivity index (χ1v) is 9.18. The van der Waals surface area contributed by atoms with E-state index in [2.05, 4.69) is 15.8 Å².